The summed E-state index contributed by atoms with van der Waals surface area (Å²) in [5, 5.41) is 0. The van der Waals surface area contributed by atoms with Gasteiger partial charge in [0.1, 0.15) is 0 Å². The summed E-state index contributed by atoms with van der Waals surface area (Å²) < 4.78 is 10.4. The fraction of sp³-hybridized carbons (Fsp3) is 0.905. The van der Waals surface area contributed by atoms with Gasteiger partial charge in [-0.15, -0.1) is 0 Å². The molecule has 1 unspecified atom stereocenters. The number of hydrogen-bond donors (Lipinski definition) is 0. The van der Waals surface area contributed by atoms with Crippen LogP contribution in [0.3, 0.4) is 0 Å². The van der Waals surface area contributed by atoms with Gasteiger partial charge in [-0.2, -0.15) is 0 Å². The van der Waals surface area contributed by atoms with E-state index < -0.39 is 0 Å². The Balaban J connectivity index is 3.45. The summed E-state index contributed by atoms with van der Waals surface area (Å²) in [5.74, 6) is -0.120. The van der Waals surface area contributed by atoms with Gasteiger partial charge in [0, 0.05) is 0 Å². The van der Waals surface area contributed by atoms with Crippen LogP contribution in [0.1, 0.15) is 105 Å². The van der Waals surface area contributed by atoms with Crippen molar-refractivity contribution in [1.29, 1.82) is 0 Å². The average Bonchev–Trinajstić information content (AvgIpc) is 2.53. The van der Waals surface area contributed by atoms with Crippen LogP contribution in [0.4, 0.5) is 0 Å². The Hall–Kier alpha value is -1.06. The van der Waals surface area contributed by atoms with Gasteiger partial charge in [0.2, 0.25) is 0 Å². The number of unbranched alkanes of at least 4 members (excludes halogenated alkanes) is 8. The second-order valence-electron chi connectivity index (χ2n) is 7.48. The van der Waals surface area contributed by atoms with Crippen LogP contribution in [0.15, 0.2) is 0 Å². The summed E-state index contributed by atoms with van der Waals surface area (Å²) in [5.41, 5.74) is 0. The van der Waals surface area contributed by atoms with Crippen molar-refractivity contribution in [2.45, 2.75) is 111 Å². The lowest BCUT2D eigenvalue weighted by molar-refractivity contribution is -0.153. The molecule has 0 rings (SSSR count). The van der Waals surface area contributed by atoms with Crippen molar-refractivity contribution in [3.05, 3.63) is 0 Å². The van der Waals surface area contributed by atoms with Gasteiger partial charge in [0.05, 0.1) is 25.6 Å². The molecule has 0 saturated heterocycles. The Kier molecular flexibility index (Phi) is 15.7. The zero-order valence-corrected chi connectivity index (χ0v) is 17.0. The quantitative estimate of drug-likeness (QED) is 0.258. The molecule has 1 atom stereocenters. The van der Waals surface area contributed by atoms with E-state index in [0.717, 1.165) is 19.3 Å². The van der Waals surface area contributed by atoms with Gasteiger partial charge in [-0.3, -0.25) is 9.59 Å². The predicted octanol–water partition coefficient (Wildman–Crippen LogP) is 5.82. The second-order valence-corrected chi connectivity index (χ2v) is 7.48. The molecule has 0 spiro atoms. The van der Waals surface area contributed by atoms with E-state index in [-0.39, 0.29) is 30.9 Å². The molecule has 0 aromatic heterocycles. The standard InChI is InChI=1S/C21H40O4/c1-5-6-7-8-9-10-11-12-13-16-24-20(22)14-15-21(23)25-19(4)17-18(2)3/h18-19H,5-17H2,1-4H3. The van der Waals surface area contributed by atoms with E-state index in [1.165, 1.54) is 44.9 Å². The fourth-order valence-corrected chi connectivity index (χ4v) is 2.87. The summed E-state index contributed by atoms with van der Waals surface area (Å²) in [6.07, 6.45) is 12.1. The Bertz CT molecular complexity index is 339. The van der Waals surface area contributed by atoms with Crippen molar-refractivity contribution in [1.82, 2.24) is 0 Å². The van der Waals surface area contributed by atoms with Crippen molar-refractivity contribution in [2.24, 2.45) is 5.92 Å². The summed E-state index contributed by atoms with van der Waals surface area (Å²) in [4.78, 5) is 23.3. The molecule has 0 aliphatic heterocycles. The fourth-order valence-electron chi connectivity index (χ4n) is 2.87. The first kappa shape index (κ1) is 23.9. The van der Waals surface area contributed by atoms with Gasteiger partial charge in [-0.05, 0) is 25.7 Å². The van der Waals surface area contributed by atoms with E-state index in [2.05, 4.69) is 20.8 Å². The van der Waals surface area contributed by atoms with Gasteiger partial charge >= 0.3 is 11.9 Å². The maximum absolute atomic E-state index is 11.7. The number of hydrogen-bond acceptors (Lipinski definition) is 4. The Morgan fingerprint density at radius 2 is 1.28 bits per heavy atom. The number of carbonyl (C=O) groups excluding carboxylic acids is 2. The molecular formula is C21H40O4. The Morgan fingerprint density at radius 1 is 0.760 bits per heavy atom. The molecule has 0 radical (unpaired) electrons. The normalized spacial score (nSPS) is 12.2. The minimum Gasteiger partial charge on any atom is -0.466 e. The van der Waals surface area contributed by atoms with Gasteiger partial charge in [-0.1, -0.05) is 72.1 Å². The van der Waals surface area contributed by atoms with E-state index in [1.807, 2.05) is 6.92 Å². The zero-order chi connectivity index (χ0) is 18.9. The third-order valence-electron chi connectivity index (χ3n) is 4.18. The highest BCUT2D eigenvalue weighted by Crippen LogP contribution is 2.11. The predicted molar refractivity (Wildman–Crippen MR) is 102 cm³/mol. The first-order valence-corrected chi connectivity index (χ1v) is 10.3. The van der Waals surface area contributed by atoms with E-state index in [9.17, 15) is 9.59 Å². The van der Waals surface area contributed by atoms with Crippen LogP contribution in [0, 0.1) is 5.92 Å². The van der Waals surface area contributed by atoms with Crippen LogP contribution in [0.2, 0.25) is 0 Å². The summed E-state index contributed by atoms with van der Waals surface area (Å²) in [6.45, 7) is 8.77. The molecule has 0 fully saturated rings. The highest BCUT2D eigenvalue weighted by atomic mass is 16.5. The molecule has 0 aliphatic carbocycles. The Morgan fingerprint density at radius 3 is 1.84 bits per heavy atom. The molecule has 0 saturated carbocycles. The topological polar surface area (TPSA) is 52.6 Å². The summed E-state index contributed by atoms with van der Waals surface area (Å²) in [6, 6.07) is 0. The molecule has 25 heavy (non-hydrogen) atoms. The second kappa shape index (κ2) is 16.4. The molecule has 0 bridgehead atoms. The van der Waals surface area contributed by atoms with Gasteiger partial charge in [0.15, 0.2) is 0 Å². The van der Waals surface area contributed by atoms with E-state index in [4.69, 9.17) is 9.47 Å². The third kappa shape index (κ3) is 17.6. The van der Waals surface area contributed by atoms with Crippen LogP contribution in [-0.2, 0) is 19.1 Å². The Labute approximate surface area is 155 Å². The van der Waals surface area contributed by atoms with Crippen LogP contribution in [0.5, 0.6) is 0 Å². The zero-order valence-electron chi connectivity index (χ0n) is 17.0. The molecule has 4 heteroatoms. The molecule has 0 aromatic carbocycles. The smallest absolute Gasteiger partial charge is 0.306 e. The van der Waals surface area contributed by atoms with Gasteiger partial charge in [0.25, 0.3) is 0 Å². The molecule has 0 heterocycles. The lowest BCUT2D eigenvalue weighted by Crippen LogP contribution is -2.18. The van der Waals surface area contributed by atoms with Gasteiger partial charge < -0.3 is 9.47 Å². The molecule has 0 N–H and O–H groups in total. The minimum atomic E-state index is -0.312. The largest absolute Gasteiger partial charge is 0.466 e. The molecule has 0 aliphatic rings. The van der Waals surface area contributed by atoms with Crippen molar-refractivity contribution in [3.8, 4) is 0 Å². The monoisotopic (exact) mass is 356 g/mol. The number of esters is 2. The van der Waals surface area contributed by atoms with Crippen molar-refractivity contribution >= 4 is 11.9 Å². The molecule has 4 nitrogen and oxygen atoms in total. The van der Waals surface area contributed by atoms with Crippen LogP contribution in [-0.4, -0.2) is 24.6 Å². The van der Waals surface area contributed by atoms with E-state index >= 15 is 0 Å². The lowest BCUT2D eigenvalue weighted by Gasteiger charge is -2.15. The highest BCUT2D eigenvalue weighted by molar-refractivity contribution is 5.77. The number of rotatable bonds is 16. The first-order chi connectivity index (χ1) is 12.0. The molecule has 0 aromatic rings. The maximum atomic E-state index is 11.7. The van der Waals surface area contributed by atoms with Crippen molar-refractivity contribution < 1.29 is 19.1 Å². The highest BCUT2D eigenvalue weighted by Gasteiger charge is 2.13. The number of ether oxygens (including phenoxy) is 2. The van der Waals surface area contributed by atoms with Crippen LogP contribution >= 0.6 is 0 Å². The van der Waals surface area contributed by atoms with E-state index in [1.54, 1.807) is 0 Å². The minimum absolute atomic E-state index is 0.0921. The summed E-state index contributed by atoms with van der Waals surface area (Å²) >= 11 is 0. The van der Waals surface area contributed by atoms with Crippen LogP contribution in [0.25, 0.3) is 0 Å². The molecule has 0 amide bonds. The average molecular weight is 357 g/mol. The molecular weight excluding hydrogens is 316 g/mol. The summed E-state index contributed by atoms with van der Waals surface area (Å²) in [7, 11) is 0. The van der Waals surface area contributed by atoms with Crippen molar-refractivity contribution in [2.75, 3.05) is 6.61 Å². The maximum Gasteiger partial charge on any atom is 0.306 e. The molecule has 148 valence electrons. The van der Waals surface area contributed by atoms with E-state index in [0.29, 0.717) is 12.5 Å². The lowest BCUT2D eigenvalue weighted by atomic mass is 10.1. The first-order valence-electron chi connectivity index (χ1n) is 10.3. The van der Waals surface area contributed by atoms with Crippen molar-refractivity contribution in [3.63, 3.8) is 0 Å². The third-order valence-corrected chi connectivity index (χ3v) is 4.18. The number of carbonyl (C=O) groups is 2. The van der Waals surface area contributed by atoms with Gasteiger partial charge in [-0.25, -0.2) is 0 Å². The SMILES string of the molecule is CCCCCCCCCCCOC(=O)CCC(=O)OC(C)CC(C)C. The van der Waals surface area contributed by atoms with Crippen LogP contribution < -0.4 is 0 Å².